The molecule has 2 fully saturated rings. The molecule has 1 aromatic heterocycles. The van der Waals surface area contributed by atoms with Crippen molar-refractivity contribution in [3.05, 3.63) is 53.9 Å². The molecule has 3 heterocycles. The van der Waals surface area contributed by atoms with Gasteiger partial charge >= 0.3 is 0 Å². The van der Waals surface area contributed by atoms with E-state index in [2.05, 4.69) is 37.2 Å². The van der Waals surface area contributed by atoms with Crippen molar-refractivity contribution in [2.24, 2.45) is 36.6 Å². The molecule has 0 radical (unpaired) electrons. The largest absolute Gasteiger partial charge is 0.341 e. The van der Waals surface area contributed by atoms with Crippen LogP contribution >= 0.6 is 0 Å². The summed E-state index contributed by atoms with van der Waals surface area (Å²) in [5.41, 5.74) is 1.07. The lowest BCUT2D eigenvalue weighted by Crippen LogP contribution is -2.57. The quantitative estimate of drug-likeness (QED) is 0.401. The summed E-state index contributed by atoms with van der Waals surface area (Å²) in [6.45, 7) is 10.7. The average molecular weight is 539 g/mol. The van der Waals surface area contributed by atoms with E-state index >= 15 is 0 Å². The lowest BCUT2D eigenvalue weighted by molar-refractivity contribution is -0.154. The molecule has 0 saturated carbocycles. The molecule has 1 unspecified atom stereocenters. The van der Waals surface area contributed by atoms with E-state index in [1.807, 2.05) is 41.4 Å². The van der Waals surface area contributed by atoms with E-state index in [-0.39, 0.29) is 29.5 Å². The highest BCUT2D eigenvalue weighted by molar-refractivity contribution is 5.89. The smallest absolute Gasteiger partial charge is 0.245 e. The zero-order valence-corrected chi connectivity index (χ0v) is 24.5. The van der Waals surface area contributed by atoms with Gasteiger partial charge in [0.05, 0.1) is 0 Å². The molecule has 1 aromatic carbocycles. The molecular weight excluding hydrogens is 491 g/mol. The Hall–Kier alpha value is -2.70. The second-order valence-electron chi connectivity index (χ2n) is 12.7. The van der Waals surface area contributed by atoms with Crippen molar-refractivity contribution in [1.29, 1.82) is 0 Å². The Morgan fingerprint density at radius 1 is 1.00 bits per heavy atom. The van der Waals surface area contributed by atoms with Gasteiger partial charge in [0.2, 0.25) is 11.8 Å². The molecule has 4 rings (SSSR count). The van der Waals surface area contributed by atoms with E-state index in [4.69, 9.17) is 0 Å². The van der Waals surface area contributed by atoms with Gasteiger partial charge in [0, 0.05) is 51.4 Å². The number of carbonyl (C=O) groups is 2. The van der Waals surface area contributed by atoms with Crippen LogP contribution in [0.25, 0.3) is 0 Å². The minimum Gasteiger partial charge on any atom is -0.341 e. The second kappa shape index (κ2) is 13.1. The summed E-state index contributed by atoms with van der Waals surface area (Å²) >= 11 is 0. The molecule has 39 heavy (non-hydrogen) atoms. The van der Waals surface area contributed by atoms with Crippen LogP contribution in [0.2, 0.25) is 0 Å². The second-order valence-corrected chi connectivity index (χ2v) is 12.7. The number of likely N-dealkylation sites (tertiary alicyclic amines) is 2. The SMILES string of the molecule is CC(C)C[C@H]1C(=O)N([C@@H](CC(C)C)C(=O)N2CCC(Cc3nccn3C)CC2)CCC1Cc1ccc(F)cc1. The van der Waals surface area contributed by atoms with Gasteiger partial charge < -0.3 is 14.4 Å². The predicted molar refractivity (Wildman–Crippen MR) is 152 cm³/mol. The summed E-state index contributed by atoms with van der Waals surface area (Å²) in [5, 5.41) is 0. The summed E-state index contributed by atoms with van der Waals surface area (Å²) in [6.07, 6.45) is 9.84. The number of halogens is 1. The minimum absolute atomic E-state index is 0.116. The molecule has 0 bridgehead atoms. The first-order chi connectivity index (χ1) is 18.6. The summed E-state index contributed by atoms with van der Waals surface area (Å²) in [5.74, 6) is 2.42. The van der Waals surface area contributed by atoms with Gasteiger partial charge in [-0.3, -0.25) is 9.59 Å². The third-order valence-corrected chi connectivity index (χ3v) is 8.72. The van der Waals surface area contributed by atoms with Gasteiger partial charge in [-0.05, 0) is 79.9 Å². The van der Waals surface area contributed by atoms with Crippen LogP contribution in [0.1, 0.15) is 71.2 Å². The average Bonchev–Trinajstić information content (AvgIpc) is 3.30. The van der Waals surface area contributed by atoms with Gasteiger partial charge in [-0.2, -0.15) is 0 Å². The van der Waals surface area contributed by atoms with Gasteiger partial charge in [0.25, 0.3) is 0 Å². The fourth-order valence-electron chi connectivity index (χ4n) is 6.54. The lowest BCUT2D eigenvalue weighted by Gasteiger charge is -2.44. The van der Waals surface area contributed by atoms with Crippen molar-refractivity contribution >= 4 is 11.8 Å². The third kappa shape index (κ3) is 7.49. The first-order valence-corrected chi connectivity index (χ1v) is 14.9. The minimum atomic E-state index is -0.398. The van der Waals surface area contributed by atoms with E-state index in [0.717, 1.165) is 63.0 Å². The highest BCUT2D eigenvalue weighted by Crippen LogP contribution is 2.35. The topological polar surface area (TPSA) is 58.4 Å². The summed E-state index contributed by atoms with van der Waals surface area (Å²) < 4.78 is 15.5. The maximum atomic E-state index is 14.1. The van der Waals surface area contributed by atoms with Crippen LogP contribution in [-0.4, -0.2) is 56.8 Å². The van der Waals surface area contributed by atoms with Crippen LogP contribution in [0.3, 0.4) is 0 Å². The van der Waals surface area contributed by atoms with E-state index in [1.165, 1.54) is 12.1 Å². The van der Waals surface area contributed by atoms with Gasteiger partial charge in [0.1, 0.15) is 17.7 Å². The van der Waals surface area contributed by atoms with Crippen molar-refractivity contribution in [3.8, 4) is 0 Å². The van der Waals surface area contributed by atoms with Crippen LogP contribution in [0.15, 0.2) is 36.7 Å². The third-order valence-electron chi connectivity index (χ3n) is 8.72. The molecule has 2 aliphatic heterocycles. The number of carbonyl (C=O) groups excluding carboxylic acids is 2. The predicted octanol–water partition coefficient (Wildman–Crippen LogP) is 5.51. The highest BCUT2D eigenvalue weighted by Gasteiger charge is 2.42. The van der Waals surface area contributed by atoms with Crippen LogP contribution in [0.5, 0.6) is 0 Å². The summed E-state index contributed by atoms with van der Waals surface area (Å²) in [4.78, 5) is 36.5. The Kier molecular flexibility index (Phi) is 9.84. The fourth-order valence-corrected chi connectivity index (χ4v) is 6.54. The highest BCUT2D eigenvalue weighted by atomic mass is 19.1. The number of hydrogen-bond donors (Lipinski definition) is 0. The number of aryl methyl sites for hydroxylation is 1. The van der Waals surface area contributed by atoms with E-state index in [9.17, 15) is 14.0 Å². The molecule has 0 aliphatic carbocycles. The van der Waals surface area contributed by atoms with Crippen LogP contribution in [0, 0.1) is 35.4 Å². The number of imidazole rings is 1. The van der Waals surface area contributed by atoms with Crippen molar-refractivity contribution in [3.63, 3.8) is 0 Å². The first kappa shape index (κ1) is 29.3. The zero-order valence-electron chi connectivity index (χ0n) is 24.5. The standard InChI is InChI=1S/C32H47FN4O2/c1-22(2)18-28-26(20-24-6-8-27(33)9-7-24)12-16-37(31(28)38)29(19-23(3)4)32(39)36-14-10-25(11-15-36)21-30-34-13-17-35(30)5/h6-9,13,17,22-23,25-26,28-29H,10-12,14-16,18-21H2,1-5H3/t26?,28-,29+/m1/s1. The first-order valence-electron chi connectivity index (χ1n) is 14.9. The number of aromatic nitrogens is 2. The Labute approximate surface area is 234 Å². The number of benzene rings is 1. The summed E-state index contributed by atoms with van der Waals surface area (Å²) in [6, 6.07) is 6.27. The van der Waals surface area contributed by atoms with Crippen LogP contribution in [-0.2, 0) is 29.5 Å². The molecule has 7 heteroatoms. The van der Waals surface area contributed by atoms with Gasteiger partial charge in [-0.25, -0.2) is 9.37 Å². The fraction of sp³-hybridized carbons (Fsp3) is 0.656. The Bertz CT molecular complexity index is 1090. The number of amides is 2. The number of nitrogens with zero attached hydrogens (tertiary/aromatic N) is 4. The summed E-state index contributed by atoms with van der Waals surface area (Å²) in [7, 11) is 2.03. The van der Waals surface area contributed by atoms with E-state index in [1.54, 1.807) is 0 Å². The number of hydrogen-bond acceptors (Lipinski definition) is 3. The van der Waals surface area contributed by atoms with E-state index in [0.29, 0.717) is 30.7 Å². The Balaban J connectivity index is 1.45. The zero-order chi connectivity index (χ0) is 28.1. The molecule has 3 atom stereocenters. The number of rotatable bonds is 10. The van der Waals surface area contributed by atoms with E-state index < -0.39 is 6.04 Å². The maximum absolute atomic E-state index is 14.1. The van der Waals surface area contributed by atoms with Crippen molar-refractivity contribution in [2.45, 2.75) is 78.7 Å². The van der Waals surface area contributed by atoms with Crippen molar-refractivity contribution < 1.29 is 14.0 Å². The van der Waals surface area contributed by atoms with Crippen molar-refractivity contribution in [1.82, 2.24) is 19.4 Å². The van der Waals surface area contributed by atoms with Gasteiger partial charge in [-0.15, -0.1) is 0 Å². The number of piperidine rings is 2. The molecule has 2 saturated heterocycles. The van der Waals surface area contributed by atoms with Crippen molar-refractivity contribution in [2.75, 3.05) is 19.6 Å². The monoisotopic (exact) mass is 538 g/mol. The molecule has 214 valence electrons. The van der Waals surface area contributed by atoms with Gasteiger partial charge in [0.15, 0.2) is 0 Å². The molecular formula is C32H47FN4O2. The molecule has 2 amide bonds. The normalized spacial score (nSPS) is 21.7. The Morgan fingerprint density at radius 2 is 1.69 bits per heavy atom. The molecule has 6 nitrogen and oxygen atoms in total. The van der Waals surface area contributed by atoms with Gasteiger partial charge in [-0.1, -0.05) is 39.8 Å². The molecule has 0 spiro atoms. The van der Waals surface area contributed by atoms with Crippen LogP contribution in [0.4, 0.5) is 4.39 Å². The molecule has 0 N–H and O–H groups in total. The molecule has 2 aliphatic rings. The molecule has 2 aromatic rings. The lowest BCUT2D eigenvalue weighted by atomic mass is 9.76. The Morgan fingerprint density at radius 3 is 2.28 bits per heavy atom. The maximum Gasteiger partial charge on any atom is 0.245 e. The van der Waals surface area contributed by atoms with Crippen LogP contribution < -0.4 is 0 Å².